The Hall–Kier alpha value is -2.69. The van der Waals surface area contributed by atoms with Crippen LogP contribution >= 0.6 is 0 Å². The Kier molecular flexibility index (Phi) is 7.92. The molecule has 0 bridgehead atoms. The predicted octanol–water partition coefficient (Wildman–Crippen LogP) is 6.29. The summed E-state index contributed by atoms with van der Waals surface area (Å²) >= 11 is 0. The minimum absolute atomic E-state index is 0.110. The molecule has 1 aliphatic rings. The Morgan fingerprint density at radius 3 is 2.62 bits per heavy atom. The van der Waals surface area contributed by atoms with E-state index in [1.165, 1.54) is 62.0 Å². The summed E-state index contributed by atoms with van der Waals surface area (Å²) in [5.74, 6) is 1.22. The Balaban J connectivity index is 1.26. The number of nitrogens with zero attached hydrogens (tertiary/aromatic N) is 2. The summed E-state index contributed by atoms with van der Waals surface area (Å²) in [6.45, 7) is 1.62. The van der Waals surface area contributed by atoms with Gasteiger partial charge in [0.25, 0.3) is 5.91 Å². The topological polar surface area (TPSA) is 46.9 Å². The Labute approximate surface area is 190 Å². The average molecular weight is 436 g/mol. The third-order valence-electron chi connectivity index (χ3n) is 6.70. The van der Waals surface area contributed by atoms with E-state index in [2.05, 4.69) is 34.1 Å². The largest absolute Gasteiger partial charge is 0.352 e. The second kappa shape index (κ2) is 11.3. The zero-order valence-corrected chi connectivity index (χ0v) is 18.9. The summed E-state index contributed by atoms with van der Waals surface area (Å²) in [5, 5.41) is 2.83. The van der Waals surface area contributed by atoms with Crippen LogP contribution in [0.15, 0.2) is 48.5 Å². The van der Waals surface area contributed by atoms with Crippen LogP contribution in [0.5, 0.6) is 0 Å². The number of halogens is 1. The number of imidazole rings is 1. The molecule has 1 saturated carbocycles. The van der Waals surface area contributed by atoms with E-state index in [1.54, 1.807) is 12.1 Å². The number of hydrogen-bond donors (Lipinski definition) is 1. The molecule has 1 fully saturated rings. The van der Waals surface area contributed by atoms with Crippen molar-refractivity contribution in [3.8, 4) is 0 Å². The molecule has 1 aliphatic carbocycles. The molecule has 1 aromatic heterocycles. The number of benzene rings is 2. The number of rotatable bonds is 10. The fourth-order valence-electron chi connectivity index (χ4n) is 4.88. The Morgan fingerprint density at radius 1 is 1.00 bits per heavy atom. The molecule has 0 aliphatic heterocycles. The third-order valence-corrected chi connectivity index (χ3v) is 6.70. The predicted molar refractivity (Wildman–Crippen MR) is 127 cm³/mol. The maximum absolute atomic E-state index is 13.7. The van der Waals surface area contributed by atoms with Crippen LogP contribution in [0.4, 0.5) is 4.39 Å². The van der Waals surface area contributed by atoms with Crippen LogP contribution in [0.3, 0.4) is 0 Å². The van der Waals surface area contributed by atoms with Crippen LogP contribution in [-0.2, 0) is 13.0 Å². The smallest absolute Gasteiger partial charge is 0.254 e. The van der Waals surface area contributed by atoms with E-state index in [9.17, 15) is 9.18 Å². The summed E-state index contributed by atoms with van der Waals surface area (Å²) in [7, 11) is 0. The highest BCUT2D eigenvalue weighted by molar-refractivity contribution is 5.94. The van der Waals surface area contributed by atoms with Gasteiger partial charge in [-0.05, 0) is 49.4 Å². The lowest BCUT2D eigenvalue weighted by Gasteiger charge is -2.22. The zero-order valence-electron chi connectivity index (χ0n) is 18.9. The molecule has 1 N–H and O–H groups in total. The van der Waals surface area contributed by atoms with Gasteiger partial charge >= 0.3 is 0 Å². The van der Waals surface area contributed by atoms with Crippen LogP contribution in [0.25, 0.3) is 11.0 Å². The lowest BCUT2D eigenvalue weighted by Crippen LogP contribution is -2.25. The van der Waals surface area contributed by atoms with Gasteiger partial charge in [-0.3, -0.25) is 4.79 Å². The first-order valence-corrected chi connectivity index (χ1v) is 12.2. The van der Waals surface area contributed by atoms with Gasteiger partial charge in [0.1, 0.15) is 11.6 Å². The van der Waals surface area contributed by atoms with Crippen molar-refractivity contribution >= 4 is 16.9 Å². The van der Waals surface area contributed by atoms with Crippen molar-refractivity contribution in [3.05, 3.63) is 65.7 Å². The van der Waals surface area contributed by atoms with E-state index in [4.69, 9.17) is 4.98 Å². The second-order valence-electron chi connectivity index (χ2n) is 9.01. The molecule has 2 aromatic carbocycles. The molecule has 0 spiro atoms. The number of fused-ring (bicyclic) bond motifs is 1. The number of aromatic nitrogens is 2. The van der Waals surface area contributed by atoms with Crippen molar-refractivity contribution in [3.63, 3.8) is 0 Å². The first kappa shape index (κ1) is 22.5. The molecule has 170 valence electrons. The minimum Gasteiger partial charge on any atom is -0.352 e. The molecule has 0 atom stereocenters. The van der Waals surface area contributed by atoms with Crippen molar-refractivity contribution < 1.29 is 9.18 Å². The minimum atomic E-state index is -0.475. The molecular formula is C27H34FN3O. The Morgan fingerprint density at radius 2 is 1.78 bits per heavy atom. The molecule has 3 aromatic rings. The van der Waals surface area contributed by atoms with Crippen molar-refractivity contribution in [2.45, 2.75) is 70.8 Å². The lowest BCUT2D eigenvalue weighted by molar-refractivity contribution is 0.0949. The van der Waals surface area contributed by atoms with Gasteiger partial charge in [-0.15, -0.1) is 0 Å². The number of carbonyl (C=O) groups excluding carboxylic acids is 1. The van der Waals surface area contributed by atoms with E-state index in [-0.39, 0.29) is 11.5 Å². The molecule has 1 amide bonds. The fourth-order valence-corrected chi connectivity index (χ4v) is 4.88. The zero-order chi connectivity index (χ0) is 22.2. The van der Waals surface area contributed by atoms with E-state index in [1.807, 2.05) is 0 Å². The van der Waals surface area contributed by atoms with Crippen LogP contribution in [0.2, 0.25) is 0 Å². The molecular weight excluding hydrogens is 401 g/mol. The van der Waals surface area contributed by atoms with Crippen molar-refractivity contribution in [2.75, 3.05) is 6.54 Å². The van der Waals surface area contributed by atoms with E-state index < -0.39 is 5.82 Å². The summed E-state index contributed by atoms with van der Waals surface area (Å²) < 4.78 is 16.1. The van der Waals surface area contributed by atoms with Gasteiger partial charge in [-0.1, -0.05) is 62.8 Å². The summed E-state index contributed by atoms with van der Waals surface area (Å²) in [4.78, 5) is 17.0. The fraction of sp³-hybridized carbons (Fsp3) is 0.481. The molecule has 0 radical (unpaired) electrons. The number of aryl methyl sites for hydroxylation is 2. The van der Waals surface area contributed by atoms with E-state index in [0.717, 1.165) is 43.7 Å². The van der Waals surface area contributed by atoms with Gasteiger partial charge in [-0.2, -0.15) is 0 Å². The molecule has 1 heterocycles. The van der Waals surface area contributed by atoms with Crippen molar-refractivity contribution in [1.82, 2.24) is 14.9 Å². The van der Waals surface area contributed by atoms with Crippen LogP contribution < -0.4 is 5.32 Å². The van der Waals surface area contributed by atoms with Crippen molar-refractivity contribution in [2.24, 2.45) is 5.92 Å². The van der Waals surface area contributed by atoms with Gasteiger partial charge in [-0.25, -0.2) is 9.37 Å². The van der Waals surface area contributed by atoms with Gasteiger partial charge in [0, 0.05) is 19.5 Å². The first-order valence-electron chi connectivity index (χ1n) is 12.2. The number of para-hydroxylation sites is 2. The SMILES string of the molecule is O=C(NCCCCCc1nc2ccccc2n1CCC1CCCCC1)c1ccccc1F. The van der Waals surface area contributed by atoms with Crippen molar-refractivity contribution in [1.29, 1.82) is 0 Å². The van der Waals surface area contributed by atoms with Crippen LogP contribution in [0, 0.1) is 11.7 Å². The molecule has 4 rings (SSSR count). The number of hydrogen-bond acceptors (Lipinski definition) is 2. The summed E-state index contributed by atoms with van der Waals surface area (Å²) in [5.41, 5.74) is 2.44. The first-order chi connectivity index (χ1) is 15.7. The number of carbonyl (C=O) groups is 1. The average Bonchev–Trinajstić information content (AvgIpc) is 3.18. The molecule has 4 nitrogen and oxygen atoms in total. The Bertz CT molecular complexity index is 1020. The highest BCUT2D eigenvalue weighted by Crippen LogP contribution is 2.28. The van der Waals surface area contributed by atoms with Crippen LogP contribution in [-0.4, -0.2) is 22.0 Å². The standard InChI is InChI=1S/C27H34FN3O/c28-23-14-7-6-13-22(23)27(32)29-19-10-2-5-17-26-30-24-15-8-9-16-25(24)31(26)20-18-21-11-3-1-4-12-21/h6-9,13-16,21H,1-5,10-12,17-20H2,(H,29,32). The third kappa shape index (κ3) is 5.76. The van der Waals surface area contributed by atoms with Crippen LogP contribution in [0.1, 0.15) is 74.0 Å². The molecule has 32 heavy (non-hydrogen) atoms. The highest BCUT2D eigenvalue weighted by atomic mass is 19.1. The number of amides is 1. The molecule has 0 unspecified atom stereocenters. The maximum Gasteiger partial charge on any atom is 0.254 e. The monoisotopic (exact) mass is 435 g/mol. The molecule has 0 saturated heterocycles. The normalized spacial score (nSPS) is 14.7. The van der Waals surface area contributed by atoms with E-state index in [0.29, 0.717) is 6.54 Å². The highest BCUT2D eigenvalue weighted by Gasteiger charge is 2.16. The number of nitrogens with one attached hydrogen (secondary N) is 1. The quantitative estimate of drug-likeness (QED) is 0.381. The summed E-state index contributed by atoms with van der Waals surface area (Å²) in [6.07, 6.45) is 12.0. The maximum atomic E-state index is 13.7. The van der Waals surface area contributed by atoms with Gasteiger partial charge in [0.05, 0.1) is 16.6 Å². The van der Waals surface area contributed by atoms with Gasteiger partial charge < -0.3 is 9.88 Å². The molecule has 5 heteroatoms. The summed E-state index contributed by atoms with van der Waals surface area (Å²) in [6, 6.07) is 14.6. The van der Waals surface area contributed by atoms with E-state index >= 15 is 0 Å². The van der Waals surface area contributed by atoms with Gasteiger partial charge in [0.15, 0.2) is 0 Å². The second-order valence-corrected chi connectivity index (χ2v) is 9.01. The number of unbranched alkanes of at least 4 members (excludes halogenated alkanes) is 2. The van der Waals surface area contributed by atoms with Gasteiger partial charge in [0.2, 0.25) is 0 Å². The lowest BCUT2D eigenvalue weighted by atomic mass is 9.87.